The molecule has 0 radical (unpaired) electrons. The lowest BCUT2D eigenvalue weighted by Crippen LogP contribution is -2.34. The zero-order chi connectivity index (χ0) is 16.3. The third kappa shape index (κ3) is 4.20. The van der Waals surface area contributed by atoms with Crippen molar-refractivity contribution in [3.8, 4) is 0 Å². The average molecular weight is 418 g/mol. The molecule has 1 amide bonds. The number of carbonyl (C=O) groups excluding carboxylic acids is 1. The van der Waals surface area contributed by atoms with E-state index in [0.29, 0.717) is 21.3 Å². The van der Waals surface area contributed by atoms with Crippen LogP contribution in [0.1, 0.15) is 15.9 Å². The minimum Gasteiger partial charge on any atom is -0.331 e. The second kappa shape index (κ2) is 7.42. The topological polar surface area (TPSA) is 41.1 Å². The number of hydrogen-bond acceptors (Lipinski definition) is 2. The molecule has 0 atom stereocenters. The molecule has 114 valence electrons. The summed E-state index contributed by atoms with van der Waals surface area (Å²) in [5.41, 5.74) is 2.08. The largest absolute Gasteiger partial charge is 0.331 e. The Kier molecular flexibility index (Phi) is 5.81. The van der Waals surface area contributed by atoms with Gasteiger partial charge in [0.25, 0.3) is 5.91 Å². The summed E-state index contributed by atoms with van der Waals surface area (Å²) in [6, 6.07) is 10.4. The third-order valence-corrected chi connectivity index (χ3v) is 4.74. The lowest BCUT2D eigenvalue weighted by molar-refractivity contribution is 0.0977. The molecule has 0 spiro atoms. The smallest absolute Gasteiger partial charge is 0.257 e. The van der Waals surface area contributed by atoms with Crippen molar-refractivity contribution in [2.75, 3.05) is 5.32 Å². The van der Waals surface area contributed by atoms with E-state index in [4.69, 9.17) is 35.4 Å². The van der Waals surface area contributed by atoms with E-state index >= 15 is 0 Å². The van der Waals surface area contributed by atoms with Crippen molar-refractivity contribution in [2.24, 2.45) is 0 Å². The van der Waals surface area contributed by atoms with E-state index in [2.05, 4.69) is 26.6 Å². The van der Waals surface area contributed by atoms with E-state index in [1.165, 1.54) is 0 Å². The molecule has 2 rings (SSSR count). The molecule has 7 heteroatoms. The molecule has 0 saturated heterocycles. The number of carbonyl (C=O) groups is 1. The van der Waals surface area contributed by atoms with Crippen LogP contribution in [0.3, 0.4) is 0 Å². The summed E-state index contributed by atoms with van der Waals surface area (Å²) >= 11 is 20.5. The van der Waals surface area contributed by atoms with Gasteiger partial charge in [0.15, 0.2) is 5.11 Å². The first-order valence-corrected chi connectivity index (χ1v) is 8.16. The molecule has 0 saturated carbocycles. The highest BCUT2D eigenvalue weighted by molar-refractivity contribution is 9.10. The molecule has 2 N–H and O–H groups in total. The quantitative estimate of drug-likeness (QED) is 0.660. The molecular weight excluding hydrogens is 407 g/mol. The van der Waals surface area contributed by atoms with E-state index in [9.17, 15) is 4.79 Å². The maximum absolute atomic E-state index is 12.1. The number of amides is 1. The number of thiocarbonyl (C=S) groups is 1. The van der Waals surface area contributed by atoms with E-state index < -0.39 is 0 Å². The molecule has 2 aromatic rings. The molecule has 0 aliphatic heterocycles. The Balaban J connectivity index is 2.07. The Morgan fingerprint density at radius 3 is 2.64 bits per heavy atom. The number of benzene rings is 2. The van der Waals surface area contributed by atoms with Crippen LogP contribution in [0.2, 0.25) is 10.0 Å². The van der Waals surface area contributed by atoms with Crippen LogP contribution in [-0.4, -0.2) is 11.0 Å². The predicted molar refractivity (Wildman–Crippen MR) is 99.0 cm³/mol. The number of halogens is 3. The molecule has 22 heavy (non-hydrogen) atoms. The number of hydrogen-bond donors (Lipinski definition) is 2. The minimum atomic E-state index is -0.309. The predicted octanol–water partition coefficient (Wildman–Crippen LogP) is 5.19. The highest BCUT2D eigenvalue weighted by Gasteiger charge is 2.11. The molecule has 0 fully saturated rings. The standard InChI is InChI=1S/C15H11BrCl2N2OS/c1-8-5-6-9(7-10(8)16)14(21)20-15(22)19-12-4-2-3-11(17)13(12)18/h2-7H,1H3,(H2,19,20,21,22). The normalized spacial score (nSPS) is 10.2. The summed E-state index contributed by atoms with van der Waals surface area (Å²) in [6.07, 6.45) is 0. The van der Waals surface area contributed by atoms with Crippen molar-refractivity contribution in [3.63, 3.8) is 0 Å². The van der Waals surface area contributed by atoms with Crippen LogP contribution in [0.25, 0.3) is 0 Å². The van der Waals surface area contributed by atoms with Crippen molar-refractivity contribution >= 4 is 68.1 Å². The van der Waals surface area contributed by atoms with Crippen molar-refractivity contribution in [2.45, 2.75) is 6.92 Å². The van der Waals surface area contributed by atoms with E-state index in [1.807, 2.05) is 13.0 Å². The van der Waals surface area contributed by atoms with Crippen LogP contribution >= 0.6 is 51.3 Å². The minimum absolute atomic E-state index is 0.144. The summed E-state index contributed by atoms with van der Waals surface area (Å²) in [5.74, 6) is -0.309. The van der Waals surface area contributed by atoms with Crippen LogP contribution in [0.5, 0.6) is 0 Å². The number of anilines is 1. The van der Waals surface area contributed by atoms with Crippen LogP contribution in [-0.2, 0) is 0 Å². The van der Waals surface area contributed by atoms with E-state index in [0.717, 1.165) is 10.0 Å². The van der Waals surface area contributed by atoms with Gasteiger partial charge >= 0.3 is 0 Å². The molecule has 3 nitrogen and oxygen atoms in total. The first kappa shape index (κ1) is 17.2. The first-order chi connectivity index (χ1) is 10.4. The molecule has 0 bridgehead atoms. The van der Waals surface area contributed by atoms with Gasteiger partial charge in [0, 0.05) is 10.0 Å². The molecule has 0 heterocycles. The van der Waals surface area contributed by atoms with Gasteiger partial charge in [-0.25, -0.2) is 0 Å². The fourth-order valence-corrected chi connectivity index (χ4v) is 2.59. The zero-order valence-corrected chi connectivity index (χ0v) is 15.3. The number of aryl methyl sites for hydroxylation is 1. The SMILES string of the molecule is Cc1ccc(C(=O)NC(=S)Nc2cccc(Cl)c2Cl)cc1Br. The van der Waals surface area contributed by atoms with Crippen LogP contribution < -0.4 is 10.6 Å². The second-order valence-electron chi connectivity index (χ2n) is 4.47. The van der Waals surface area contributed by atoms with Crippen molar-refractivity contribution in [1.29, 1.82) is 0 Å². The molecule has 0 aliphatic carbocycles. The second-order valence-corrected chi connectivity index (χ2v) is 6.52. The summed E-state index contributed by atoms with van der Waals surface area (Å²) in [6.45, 7) is 1.94. The van der Waals surface area contributed by atoms with Crippen molar-refractivity contribution < 1.29 is 4.79 Å². The Labute approximate surface area is 152 Å². The maximum Gasteiger partial charge on any atom is 0.257 e. The number of rotatable bonds is 2. The summed E-state index contributed by atoms with van der Waals surface area (Å²) < 4.78 is 0.858. The van der Waals surface area contributed by atoms with Gasteiger partial charge in [0.05, 0.1) is 15.7 Å². The fraction of sp³-hybridized carbons (Fsp3) is 0.0667. The van der Waals surface area contributed by atoms with E-state index in [1.54, 1.807) is 30.3 Å². The Morgan fingerprint density at radius 1 is 1.23 bits per heavy atom. The maximum atomic E-state index is 12.1. The zero-order valence-electron chi connectivity index (χ0n) is 11.4. The van der Waals surface area contributed by atoms with Gasteiger partial charge in [-0.1, -0.05) is 51.3 Å². The Hall–Kier alpha value is -1.14. The third-order valence-electron chi connectivity index (χ3n) is 2.86. The van der Waals surface area contributed by atoms with Crippen LogP contribution in [0, 0.1) is 6.92 Å². The van der Waals surface area contributed by atoms with Crippen molar-refractivity contribution in [3.05, 3.63) is 62.0 Å². The van der Waals surface area contributed by atoms with Gasteiger partial charge in [0.1, 0.15) is 0 Å². The summed E-state index contributed by atoms with van der Waals surface area (Å²) in [7, 11) is 0. The molecule has 0 aromatic heterocycles. The highest BCUT2D eigenvalue weighted by atomic mass is 79.9. The summed E-state index contributed by atoms with van der Waals surface area (Å²) in [4.78, 5) is 12.1. The van der Waals surface area contributed by atoms with Gasteiger partial charge in [-0.3, -0.25) is 10.1 Å². The molecule has 2 aromatic carbocycles. The fourth-order valence-electron chi connectivity index (χ4n) is 1.66. The van der Waals surface area contributed by atoms with Gasteiger partial charge in [-0.05, 0) is 49.0 Å². The first-order valence-electron chi connectivity index (χ1n) is 6.21. The van der Waals surface area contributed by atoms with Crippen LogP contribution in [0.15, 0.2) is 40.9 Å². The van der Waals surface area contributed by atoms with Gasteiger partial charge in [-0.15, -0.1) is 0 Å². The van der Waals surface area contributed by atoms with Crippen LogP contribution in [0.4, 0.5) is 5.69 Å². The lowest BCUT2D eigenvalue weighted by Gasteiger charge is -2.12. The summed E-state index contributed by atoms with van der Waals surface area (Å²) in [5, 5.41) is 6.34. The monoisotopic (exact) mass is 416 g/mol. The van der Waals surface area contributed by atoms with E-state index in [-0.39, 0.29) is 11.0 Å². The lowest BCUT2D eigenvalue weighted by atomic mass is 10.1. The average Bonchev–Trinajstić information content (AvgIpc) is 2.46. The van der Waals surface area contributed by atoms with Gasteiger partial charge in [-0.2, -0.15) is 0 Å². The Bertz CT molecular complexity index is 752. The molecular formula is C15H11BrCl2N2OS. The molecule has 0 unspecified atom stereocenters. The van der Waals surface area contributed by atoms with Gasteiger partial charge < -0.3 is 5.32 Å². The Morgan fingerprint density at radius 2 is 1.95 bits per heavy atom. The highest BCUT2D eigenvalue weighted by Crippen LogP contribution is 2.29. The van der Waals surface area contributed by atoms with Crippen molar-refractivity contribution in [1.82, 2.24) is 5.32 Å². The van der Waals surface area contributed by atoms with Gasteiger partial charge in [0.2, 0.25) is 0 Å². The number of nitrogens with one attached hydrogen (secondary N) is 2. The molecule has 0 aliphatic rings.